The van der Waals surface area contributed by atoms with Gasteiger partial charge in [0.1, 0.15) is 10.7 Å². The first-order valence-corrected chi connectivity index (χ1v) is 8.03. The maximum Gasteiger partial charge on any atom is 0.260 e. The van der Waals surface area contributed by atoms with Crippen LogP contribution >= 0.6 is 50.2 Å². The molecule has 7 heteroatoms. The van der Waals surface area contributed by atoms with Crippen LogP contribution in [-0.4, -0.2) is 9.97 Å². The van der Waals surface area contributed by atoms with E-state index in [2.05, 4.69) is 25.9 Å². The highest BCUT2D eigenvalue weighted by molar-refractivity contribution is 9.11. The third-order valence-corrected chi connectivity index (χ3v) is 5.24. The van der Waals surface area contributed by atoms with Crippen molar-refractivity contribution in [1.29, 1.82) is 0 Å². The number of hydrogen-bond donors (Lipinski definition) is 1. The van der Waals surface area contributed by atoms with Crippen molar-refractivity contribution in [2.24, 2.45) is 0 Å². The van der Waals surface area contributed by atoms with Crippen molar-refractivity contribution in [3.63, 3.8) is 0 Å². The molecule has 92 valence electrons. The van der Waals surface area contributed by atoms with Crippen molar-refractivity contribution in [2.75, 3.05) is 0 Å². The average molecular weight is 362 g/mol. The van der Waals surface area contributed by atoms with Gasteiger partial charge in [-0.15, -0.1) is 34.3 Å². The number of fused-ring (bicyclic) bond motifs is 1. The quantitative estimate of drug-likeness (QED) is 0.695. The molecule has 0 aliphatic heterocycles. The molecule has 0 aliphatic rings. The minimum absolute atomic E-state index is 0.128. The van der Waals surface area contributed by atoms with Gasteiger partial charge in [-0.25, -0.2) is 4.98 Å². The summed E-state index contributed by atoms with van der Waals surface area (Å²) in [6.07, 6.45) is 0. The summed E-state index contributed by atoms with van der Waals surface area (Å²) in [5.74, 6) is 0.720. The van der Waals surface area contributed by atoms with Gasteiger partial charge >= 0.3 is 0 Å². The normalized spacial score (nSPS) is 11.2. The molecule has 0 saturated heterocycles. The molecule has 3 heterocycles. The van der Waals surface area contributed by atoms with E-state index in [4.69, 9.17) is 11.6 Å². The Hall–Kier alpha value is -0.690. The van der Waals surface area contributed by atoms with Crippen molar-refractivity contribution in [2.45, 2.75) is 5.88 Å². The zero-order valence-electron chi connectivity index (χ0n) is 8.87. The lowest BCUT2D eigenvalue weighted by Crippen LogP contribution is -2.10. The summed E-state index contributed by atoms with van der Waals surface area (Å²) in [4.78, 5) is 20.9. The third kappa shape index (κ3) is 2.03. The topological polar surface area (TPSA) is 45.8 Å². The fourth-order valence-corrected chi connectivity index (χ4v) is 4.26. The molecule has 0 amide bonds. The Kier molecular flexibility index (Phi) is 3.27. The molecule has 3 nitrogen and oxygen atoms in total. The maximum absolute atomic E-state index is 12.1. The van der Waals surface area contributed by atoms with E-state index in [1.807, 2.05) is 17.5 Å². The highest BCUT2D eigenvalue weighted by atomic mass is 79.9. The summed E-state index contributed by atoms with van der Waals surface area (Å²) in [7, 11) is 0. The molecule has 0 saturated carbocycles. The first kappa shape index (κ1) is 12.3. The van der Waals surface area contributed by atoms with Crippen molar-refractivity contribution >= 4 is 60.4 Å². The van der Waals surface area contributed by atoms with Gasteiger partial charge in [0, 0.05) is 15.8 Å². The molecule has 1 N–H and O–H groups in total. The number of hydrogen-bond acceptors (Lipinski definition) is 4. The predicted octanol–water partition coefficient (Wildman–Crippen LogP) is 4.21. The Morgan fingerprint density at radius 1 is 1.44 bits per heavy atom. The van der Waals surface area contributed by atoms with E-state index >= 15 is 0 Å². The molecule has 0 unspecified atom stereocenters. The Labute approximate surface area is 124 Å². The Morgan fingerprint density at radius 2 is 2.28 bits per heavy atom. The smallest absolute Gasteiger partial charge is 0.260 e. The van der Waals surface area contributed by atoms with Crippen LogP contribution in [0.3, 0.4) is 0 Å². The highest BCUT2D eigenvalue weighted by Gasteiger charge is 2.13. The summed E-state index contributed by atoms with van der Waals surface area (Å²) >= 11 is 12.2. The van der Waals surface area contributed by atoms with E-state index in [0.717, 1.165) is 19.1 Å². The molecule has 0 aromatic carbocycles. The second kappa shape index (κ2) is 4.77. The minimum atomic E-state index is -0.128. The van der Waals surface area contributed by atoms with Crippen LogP contribution in [0.5, 0.6) is 0 Å². The maximum atomic E-state index is 12.1. The molecule has 0 fully saturated rings. The number of halogens is 2. The zero-order valence-corrected chi connectivity index (χ0v) is 12.8. The predicted molar refractivity (Wildman–Crippen MR) is 80.8 cm³/mol. The number of H-pyrrole nitrogens is 1. The molecular formula is C11H6BrClN2OS2. The van der Waals surface area contributed by atoms with Gasteiger partial charge in [-0.2, -0.15) is 0 Å². The Balaban J connectivity index is 2.29. The number of rotatable bonds is 2. The summed E-state index contributed by atoms with van der Waals surface area (Å²) in [6.45, 7) is 0. The molecule has 18 heavy (non-hydrogen) atoms. The number of alkyl halides is 1. The number of thiophene rings is 2. The first-order valence-electron chi connectivity index (χ1n) is 5.01. The summed E-state index contributed by atoms with van der Waals surface area (Å²) < 4.78 is 1.04. The lowest BCUT2D eigenvalue weighted by atomic mass is 10.2. The summed E-state index contributed by atoms with van der Waals surface area (Å²) in [5, 5.41) is 2.60. The van der Waals surface area contributed by atoms with Crippen LogP contribution in [0.15, 0.2) is 26.1 Å². The van der Waals surface area contributed by atoms with Gasteiger partial charge in [0.25, 0.3) is 5.56 Å². The molecule has 0 aliphatic carbocycles. The second-order valence-corrected chi connectivity index (χ2v) is 7.17. The van der Waals surface area contributed by atoms with Crippen LogP contribution in [0.25, 0.3) is 20.7 Å². The number of aromatic nitrogens is 2. The lowest BCUT2D eigenvalue weighted by molar-refractivity contribution is 1.04. The standard InChI is InChI=1S/C11H6BrClN2OS2/c12-7-2-1-6(18-7)5-4-17-11-9(5)10(16)14-8(3-13)15-11/h1-2,4H,3H2,(H,14,15,16). The second-order valence-electron chi connectivity index (χ2n) is 3.58. The summed E-state index contributed by atoms with van der Waals surface area (Å²) in [5.41, 5.74) is 0.803. The highest BCUT2D eigenvalue weighted by Crippen LogP contribution is 2.36. The van der Waals surface area contributed by atoms with Crippen LogP contribution < -0.4 is 5.56 Å². The van der Waals surface area contributed by atoms with Gasteiger partial charge in [0.05, 0.1) is 15.1 Å². The van der Waals surface area contributed by atoms with Crippen molar-refractivity contribution in [1.82, 2.24) is 9.97 Å². The molecule has 0 atom stereocenters. The van der Waals surface area contributed by atoms with E-state index in [1.165, 1.54) is 11.3 Å². The molecule has 3 rings (SSSR count). The fraction of sp³-hybridized carbons (Fsp3) is 0.0909. The molecular weight excluding hydrogens is 356 g/mol. The largest absolute Gasteiger partial charge is 0.309 e. The Bertz CT molecular complexity index is 777. The first-order chi connectivity index (χ1) is 8.69. The van der Waals surface area contributed by atoms with Gasteiger partial charge in [0.2, 0.25) is 0 Å². The van der Waals surface area contributed by atoms with Crippen molar-refractivity contribution < 1.29 is 0 Å². The van der Waals surface area contributed by atoms with Gasteiger partial charge in [-0.3, -0.25) is 4.79 Å². The van der Waals surface area contributed by atoms with Crippen LogP contribution in [-0.2, 0) is 5.88 Å². The van der Waals surface area contributed by atoms with Crippen molar-refractivity contribution in [3.8, 4) is 10.4 Å². The van der Waals surface area contributed by atoms with Crippen LogP contribution in [0, 0.1) is 0 Å². The lowest BCUT2D eigenvalue weighted by Gasteiger charge is -1.97. The van der Waals surface area contributed by atoms with Crippen LogP contribution in [0.2, 0.25) is 0 Å². The molecule has 0 radical (unpaired) electrons. The summed E-state index contributed by atoms with van der Waals surface area (Å²) in [6, 6.07) is 3.96. The zero-order chi connectivity index (χ0) is 12.7. The van der Waals surface area contributed by atoms with Crippen LogP contribution in [0.1, 0.15) is 5.82 Å². The molecule has 3 aromatic heterocycles. The molecule has 0 spiro atoms. The van der Waals surface area contributed by atoms with Gasteiger partial charge < -0.3 is 4.98 Å². The fourth-order valence-electron chi connectivity index (χ4n) is 1.70. The van der Waals surface area contributed by atoms with Crippen molar-refractivity contribution in [3.05, 3.63) is 37.5 Å². The number of aromatic amines is 1. The van der Waals surface area contributed by atoms with Gasteiger partial charge in [0.15, 0.2) is 0 Å². The molecule has 0 bridgehead atoms. The Morgan fingerprint density at radius 3 is 2.94 bits per heavy atom. The van der Waals surface area contributed by atoms with Gasteiger partial charge in [-0.1, -0.05) is 0 Å². The van der Waals surface area contributed by atoms with E-state index in [0.29, 0.717) is 11.2 Å². The third-order valence-electron chi connectivity index (χ3n) is 2.46. The van der Waals surface area contributed by atoms with E-state index < -0.39 is 0 Å². The monoisotopic (exact) mass is 360 g/mol. The number of nitrogens with zero attached hydrogens (tertiary/aromatic N) is 1. The van der Waals surface area contributed by atoms with E-state index in [9.17, 15) is 4.79 Å². The average Bonchev–Trinajstić information content (AvgIpc) is 2.94. The minimum Gasteiger partial charge on any atom is -0.309 e. The number of nitrogens with one attached hydrogen (secondary N) is 1. The van der Waals surface area contributed by atoms with Gasteiger partial charge in [-0.05, 0) is 28.1 Å². The van der Waals surface area contributed by atoms with Crippen LogP contribution in [0.4, 0.5) is 0 Å². The van der Waals surface area contributed by atoms with E-state index in [1.54, 1.807) is 11.3 Å². The van der Waals surface area contributed by atoms with E-state index in [-0.39, 0.29) is 11.4 Å². The molecule has 3 aromatic rings. The SMILES string of the molecule is O=c1[nH]c(CCl)nc2scc(-c3ccc(Br)s3)c12.